The fourth-order valence-corrected chi connectivity index (χ4v) is 2.03. The van der Waals surface area contributed by atoms with Crippen molar-refractivity contribution in [3.8, 4) is 0 Å². The number of rotatable bonds is 4. The highest BCUT2D eigenvalue weighted by Gasteiger charge is 2.14. The Hall–Kier alpha value is -1.81. The van der Waals surface area contributed by atoms with Crippen LogP contribution < -0.4 is 5.32 Å². The van der Waals surface area contributed by atoms with Crippen molar-refractivity contribution in [1.82, 2.24) is 10.3 Å². The van der Waals surface area contributed by atoms with Gasteiger partial charge in [-0.1, -0.05) is 6.07 Å². The van der Waals surface area contributed by atoms with Crippen LogP contribution in [0.3, 0.4) is 0 Å². The molecular formula is C15H16F2N2. The van der Waals surface area contributed by atoms with Crippen LogP contribution in [0.5, 0.6) is 0 Å². The van der Waals surface area contributed by atoms with Gasteiger partial charge in [0, 0.05) is 5.69 Å². The zero-order valence-electron chi connectivity index (χ0n) is 11.0. The van der Waals surface area contributed by atoms with E-state index in [1.54, 1.807) is 7.05 Å². The molecule has 0 radical (unpaired) electrons. The molecule has 2 rings (SSSR count). The van der Waals surface area contributed by atoms with Crippen molar-refractivity contribution in [2.45, 2.75) is 19.4 Å². The topological polar surface area (TPSA) is 24.9 Å². The molecule has 1 unspecified atom stereocenters. The summed E-state index contributed by atoms with van der Waals surface area (Å²) in [5.41, 5.74) is 2.08. The van der Waals surface area contributed by atoms with Gasteiger partial charge in [0.15, 0.2) is 0 Å². The van der Waals surface area contributed by atoms with Crippen molar-refractivity contribution in [1.29, 1.82) is 0 Å². The van der Waals surface area contributed by atoms with Crippen molar-refractivity contribution in [2.24, 2.45) is 0 Å². The molecular weight excluding hydrogens is 246 g/mol. The van der Waals surface area contributed by atoms with Gasteiger partial charge in [-0.05, 0) is 56.3 Å². The standard InChI is InChI=1S/C15H16F2N2/c1-10-4-3-5-14(19-10)15(18-2)9-11-8-12(16)6-7-13(11)17/h3-8,15,18H,9H2,1-2H3. The van der Waals surface area contributed by atoms with Crippen LogP contribution in [0.25, 0.3) is 0 Å². The van der Waals surface area contributed by atoms with Gasteiger partial charge < -0.3 is 5.32 Å². The normalized spacial score (nSPS) is 12.4. The van der Waals surface area contributed by atoms with Gasteiger partial charge in [0.2, 0.25) is 0 Å². The Bertz CT molecular complexity index is 570. The van der Waals surface area contributed by atoms with Gasteiger partial charge in [0.1, 0.15) is 11.6 Å². The van der Waals surface area contributed by atoms with Gasteiger partial charge >= 0.3 is 0 Å². The van der Waals surface area contributed by atoms with Gasteiger partial charge in [0.25, 0.3) is 0 Å². The Morgan fingerprint density at radius 1 is 1.21 bits per heavy atom. The number of halogens is 2. The Kier molecular flexibility index (Phi) is 4.22. The van der Waals surface area contributed by atoms with Gasteiger partial charge in [0.05, 0.1) is 11.7 Å². The lowest BCUT2D eigenvalue weighted by molar-refractivity contribution is 0.535. The Morgan fingerprint density at radius 2 is 2.00 bits per heavy atom. The average molecular weight is 262 g/mol. The maximum absolute atomic E-state index is 13.6. The molecule has 0 amide bonds. The van der Waals surface area contributed by atoms with E-state index in [0.717, 1.165) is 23.5 Å². The highest BCUT2D eigenvalue weighted by molar-refractivity contribution is 5.22. The molecule has 1 atom stereocenters. The second-order valence-electron chi connectivity index (χ2n) is 4.48. The van der Waals surface area contributed by atoms with Crippen LogP contribution in [0.1, 0.15) is 23.0 Å². The number of pyridine rings is 1. The SMILES string of the molecule is CNC(Cc1cc(F)ccc1F)c1cccc(C)n1. The number of likely N-dealkylation sites (N-methyl/N-ethyl adjacent to an activating group) is 1. The lowest BCUT2D eigenvalue weighted by Gasteiger charge is -2.16. The number of hydrogen-bond donors (Lipinski definition) is 1. The minimum Gasteiger partial charge on any atom is -0.311 e. The van der Waals surface area contributed by atoms with Gasteiger partial charge in [-0.2, -0.15) is 0 Å². The number of benzene rings is 1. The van der Waals surface area contributed by atoms with Crippen molar-refractivity contribution < 1.29 is 8.78 Å². The average Bonchev–Trinajstić information content (AvgIpc) is 2.39. The molecule has 0 spiro atoms. The molecule has 0 saturated heterocycles. The number of nitrogens with one attached hydrogen (secondary N) is 1. The van der Waals surface area contributed by atoms with Crippen LogP contribution in [-0.4, -0.2) is 12.0 Å². The zero-order chi connectivity index (χ0) is 13.8. The monoisotopic (exact) mass is 262 g/mol. The molecule has 100 valence electrons. The maximum atomic E-state index is 13.6. The first-order valence-electron chi connectivity index (χ1n) is 6.15. The third kappa shape index (κ3) is 3.35. The van der Waals surface area contributed by atoms with E-state index in [4.69, 9.17) is 0 Å². The van der Waals surface area contributed by atoms with E-state index in [1.165, 1.54) is 6.07 Å². The highest BCUT2D eigenvalue weighted by Crippen LogP contribution is 2.19. The molecule has 1 heterocycles. The number of aromatic nitrogens is 1. The summed E-state index contributed by atoms with van der Waals surface area (Å²) in [4.78, 5) is 4.41. The fraction of sp³-hybridized carbons (Fsp3) is 0.267. The molecule has 0 fully saturated rings. The quantitative estimate of drug-likeness (QED) is 0.915. The fourth-order valence-electron chi connectivity index (χ4n) is 2.03. The highest BCUT2D eigenvalue weighted by atomic mass is 19.1. The molecule has 1 aromatic carbocycles. The second-order valence-corrected chi connectivity index (χ2v) is 4.48. The van der Waals surface area contributed by atoms with Crippen LogP contribution >= 0.6 is 0 Å². The molecule has 4 heteroatoms. The molecule has 0 aliphatic rings. The summed E-state index contributed by atoms with van der Waals surface area (Å²) in [6.45, 7) is 1.90. The van der Waals surface area contributed by atoms with Crippen LogP contribution in [0.15, 0.2) is 36.4 Å². The molecule has 19 heavy (non-hydrogen) atoms. The predicted octanol–water partition coefficient (Wildman–Crippen LogP) is 3.17. The third-order valence-electron chi connectivity index (χ3n) is 3.05. The summed E-state index contributed by atoms with van der Waals surface area (Å²) in [6.07, 6.45) is 0.358. The third-order valence-corrected chi connectivity index (χ3v) is 3.05. The van der Waals surface area contributed by atoms with Crippen molar-refractivity contribution >= 4 is 0 Å². The Labute approximate surface area is 111 Å². The summed E-state index contributed by atoms with van der Waals surface area (Å²) < 4.78 is 26.8. The predicted molar refractivity (Wildman–Crippen MR) is 70.8 cm³/mol. The minimum atomic E-state index is -0.427. The number of hydrogen-bond acceptors (Lipinski definition) is 2. The smallest absolute Gasteiger partial charge is 0.126 e. The molecule has 0 bridgehead atoms. The van der Waals surface area contributed by atoms with Crippen molar-refractivity contribution in [3.05, 3.63) is 65.0 Å². The van der Waals surface area contributed by atoms with Crippen molar-refractivity contribution in [2.75, 3.05) is 7.05 Å². The molecule has 0 saturated carbocycles. The summed E-state index contributed by atoms with van der Waals surface area (Å²) in [7, 11) is 1.78. The molecule has 2 nitrogen and oxygen atoms in total. The largest absolute Gasteiger partial charge is 0.311 e. The number of nitrogens with zero attached hydrogens (tertiary/aromatic N) is 1. The van der Waals surface area contributed by atoms with Gasteiger partial charge in [-0.25, -0.2) is 8.78 Å². The van der Waals surface area contributed by atoms with E-state index in [9.17, 15) is 8.78 Å². The zero-order valence-corrected chi connectivity index (χ0v) is 11.0. The van der Waals surface area contributed by atoms with Crippen LogP contribution in [0, 0.1) is 18.6 Å². The molecule has 2 aromatic rings. The minimum absolute atomic E-state index is 0.142. The first-order chi connectivity index (χ1) is 9.10. The summed E-state index contributed by atoms with van der Waals surface area (Å²) in [6, 6.07) is 9.05. The van der Waals surface area contributed by atoms with E-state index in [2.05, 4.69) is 10.3 Å². The molecule has 1 N–H and O–H groups in total. The summed E-state index contributed by atoms with van der Waals surface area (Å²) >= 11 is 0. The lowest BCUT2D eigenvalue weighted by atomic mass is 10.0. The van der Waals surface area contributed by atoms with Crippen LogP contribution in [0.4, 0.5) is 8.78 Å². The van der Waals surface area contributed by atoms with Gasteiger partial charge in [-0.15, -0.1) is 0 Å². The second kappa shape index (κ2) is 5.89. The van der Waals surface area contributed by atoms with E-state index < -0.39 is 11.6 Å². The van der Waals surface area contributed by atoms with E-state index in [-0.39, 0.29) is 6.04 Å². The first-order valence-corrected chi connectivity index (χ1v) is 6.15. The van der Waals surface area contributed by atoms with E-state index in [1.807, 2.05) is 25.1 Å². The van der Waals surface area contributed by atoms with Crippen LogP contribution in [0.2, 0.25) is 0 Å². The molecule has 1 aromatic heterocycles. The van der Waals surface area contributed by atoms with Crippen LogP contribution in [-0.2, 0) is 6.42 Å². The number of aryl methyl sites for hydroxylation is 1. The first kappa shape index (κ1) is 13.6. The lowest BCUT2D eigenvalue weighted by Crippen LogP contribution is -2.20. The summed E-state index contributed by atoms with van der Waals surface area (Å²) in [5, 5.41) is 3.09. The van der Waals surface area contributed by atoms with E-state index in [0.29, 0.717) is 12.0 Å². The van der Waals surface area contributed by atoms with Gasteiger partial charge in [-0.3, -0.25) is 4.98 Å². The van der Waals surface area contributed by atoms with E-state index >= 15 is 0 Å². The Morgan fingerprint density at radius 3 is 2.68 bits per heavy atom. The Balaban J connectivity index is 2.26. The molecule has 0 aliphatic heterocycles. The summed E-state index contributed by atoms with van der Waals surface area (Å²) in [5.74, 6) is -0.822. The molecule has 0 aliphatic carbocycles. The maximum Gasteiger partial charge on any atom is 0.126 e. The van der Waals surface area contributed by atoms with Crippen molar-refractivity contribution in [3.63, 3.8) is 0 Å².